The molecular weight excluding hydrogens is 160 g/mol. The number of aryl methyl sites for hydroxylation is 1. The lowest BCUT2D eigenvalue weighted by molar-refractivity contribution is 0.112. The molecule has 1 heterocycles. The van der Waals surface area contributed by atoms with Crippen molar-refractivity contribution in [2.75, 3.05) is 0 Å². The molecule has 0 aromatic carbocycles. The summed E-state index contributed by atoms with van der Waals surface area (Å²) < 4.78 is 0. The largest absolute Gasteiger partial charge is 0.298 e. The lowest BCUT2D eigenvalue weighted by Crippen LogP contribution is -1.84. The van der Waals surface area contributed by atoms with E-state index in [9.17, 15) is 9.59 Å². The molecule has 0 unspecified atom stereocenters. The van der Waals surface area contributed by atoms with E-state index in [2.05, 4.69) is 0 Å². The molecule has 0 aliphatic carbocycles. The Kier molecular flexibility index (Phi) is 2.19. The van der Waals surface area contributed by atoms with Crippen LogP contribution < -0.4 is 0 Å². The third kappa shape index (κ3) is 1.24. The molecule has 0 spiro atoms. The van der Waals surface area contributed by atoms with Crippen molar-refractivity contribution in [2.45, 2.75) is 13.8 Å². The Balaban J connectivity index is 3.35. The van der Waals surface area contributed by atoms with E-state index in [0.29, 0.717) is 10.4 Å². The highest BCUT2D eigenvalue weighted by Crippen LogP contribution is 2.23. The van der Waals surface area contributed by atoms with Crippen molar-refractivity contribution in [3.63, 3.8) is 0 Å². The zero-order valence-electron chi connectivity index (χ0n) is 6.38. The molecule has 0 radical (unpaired) electrons. The normalized spacial score (nSPS) is 9.64. The zero-order chi connectivity index (χ0) is 8.43. The third-order valence-corrected chi connectivity index (χ3v) is 2.79. The molecule has 0 saturated carbocycles. The summed E-state index contributed by atoms with van der Waals surface area (Å²) in [5.41, 5.74) is 1.47. The van der Waals surface area contributed by atoms with Gasteiger partial charge in [-0.05, 0) is 19.4 Å². The van der Waals surface area contributed by atoms with Crippen molar-refractivity contribution >= 4 is 23.9 Å². The van der Waals surface area contributed by atoms with Crippen LogP contribution in [0.15, 0.2) is 0 Å². The average molecular weight is 168 g/mol. The topological polar surface area (TPSA) is 34.1 Å². The summed E-state index contributed by atoms with van der Waals surface area (Å²) in [5.74, 6) is 0. The van der Waals surface area contributed by atoms with Gasteiger partial charge in [0.25, 0.3) is 0 Å². The van der Waals surface area contributed by atoms with Crippen LogP contribution in [-0.4, -0.2) is 12.6 Å². The maximum Gasteiger partial charge on any atom is 0.160 e. The van der Waals surface area contributed by atoms with Crippen LogP contribution >= 0.6 is 11.3 Å². The van der Waals surface area contributed by atoms with E-state index in [-0.39, 0.29) is 0 Å². The fraction of sp³-hybridized carbons (Fsp3) is 0.250. The van der Waals surface area contributed by atoms with Gasteiger partial charge >= 0.3 is 0 Å². The van der Waals surface area contributed by atoms with E-state index in [4.69, 9.17) is 0 Å². The van der Waals surface area contributed by atoms with Crippen molar-refractivity contribution in [1.82, 2.24) is 0 Å². The second-order valence-corrected chi connectivity index (χ2v) is 3.55. The Morgan fingerprint density at radius 3 is 2.09 bits per heavy atom. The number of carbonyl (C=O) groups is 2. The second kappa shape index (κ2) is 2.96. The summed E-state index contributed by atoms with van der Waals surface area (Å²) in [5, 5.41) is 0. The highest BCUT2D eigenvalue weighted by Gasteiger charge is 2.09. The summed E-state index contributed by atoms with van der Waals surface area (Å²) in [6.45, 7) is 3.63. The highest BCUT2D eigenvalue weighted by molar-refractivity contribution is 7.14. The molecule has 58 valence electrons. The van der Waals surface area contributed by atoms with Crippen molar-refractivity contribution in [1.29, 1.82) is 0 Å². The van der Waals surface area contributed by atoms with Crippen molar-refractivity contribution in [3.8, 4) is 0 Å². The van der Waals surface area contributed by atoms with Gasteiger partial charge in [-0.15, -0.1) is 11.3 Å². The van der Waals surface area contributed by atoms with E-state index < -0.39 is 0 Å². The lowest BCUT2D eigenvalue weighted by Gasteiger charge is -1.87. The van der Waals surface area contributed by atoms with Gasteiger partial charge < -0.3 is 0 Å². The van der Waals surface area contributed by atoms with Crippen LogP contribution in [0.5, 0.6) is 0 Å². The van der Waals surface area contributed by atoms with Crippen LogP contribution in [0, 0.1) is 13.8 Å². The molecule has 0 aliphatic heterocycles. The maximum absolute atomic E-state index is 10.5. The average Bonchev–Trinajstić information content (AvgIpc) is 2.26. The standard InChI is InChI=1S/C8H8O2S/c1-5-7(3-9)6(2)11-8(5)4-10/h3-4H,1-2H3. The van der Waals surface area contributed by atoms with Gasteiger partial charge in [0, 0.05) is 10.4 Å². The van der Waals surface area contributed by atoms with E-state index in [0.717, 1.165) is 23.0 Å². The Labute approximate surface area is 68.9 Å². The van der Waals surface area contributed by atoms with Gasteiger partial charge in [0.05, 0.1) is 4.88 Å². The molecule has 0 N–H and O–H groups in total. The molecule has 3 heteroatoms. The molecule has 1 rings (SSSR count). The quantitative estimate of drug-likeness (QED) is 0.633. The van der Waals surface area contributed by atoms with Crippen LogP contribution in [0.25, 0.3) is 0 Å². The molecule has 0 aliphatic rings. The third-order valence-electron chi connectivity index (χ3n) is 1.64. The molecule has 0 saturated heterocycles. The molecule has 0 bridgehead atoms. The first-order valence-electron chi connectivity index (χ1n) is 3.21. The summed E-state index contributed by atoms with van der Waals surface area (Å²) >= 11 is 1.37. The van der Waals surface area contributed by atoms with Gasteiger partial charge in [0.1, 0.15) is 0 Å². The molecular formula is C8H8O2S. The zero-order valence-corrected chi connectivity index (χ0v) is 7.20. The minimum absolute atomic E-state index is 0.657. The van der Waals surface area contributed by atoms with Gasteiger partial charge in [-0.25, -0.2) is 0 Å². The van der Waals surface area contributed by atoms with Crippen LogP contribution in [-0.2, 0) is 0 Å². The Morgan fingerprint density at radius 1 is 1.18 bits per heavy atom. The number of carbonyl (C=O) groups excluding carboxylic acids is 2. The van der Waals surface area contributed by atoms with Crippen LogP contribution in [0.2, 0.25) is 0 Å². The fourth-order valence-corrected chi connectivity index (χ4v) is 1.93. The highest BCUT2D eigenvalue weighted by atomic mass is 32.1. The van der Waals surface area contributed by atoms with Gasteiger partial charge in [-0.2, -0.15) is 0 Å². The first-order valence-corrected chi connectivity index (χ1v) is 4.02. The number of hydrogen-bond acceptors (Lipinski definition) is 3. The van der Waals surface area contributed by atoms with Gasteiger partial charge in [0.2, 0.25) is 0 Å². The first kappa shape index (κ1) is 8.14. The predicted octanol–water partition coefficient (Wildman–Crippen LogP) is 1.99. The van der Waals surface area contributed by atoms with Crippen molar-refractivity contribution in [2.24, 2.45) is 0 Å². The van der Waals surface area contributed by atoms with Gasteiger partial charge in [0.15, 0.2) is 12.6 Å². The van der Waals surface area contributed by atoms with E-state index in [1.165, 1.54) is 11.3 Å². The number of thiophene rings is 1. The lowest BCUT2D eigenvalue weighted by atomic mass is 10.1. The molecule has 1 aromatic heterocycles. The first-order chi connectivity index (χ1) is 5.20. The molecule has 0 atom stereocenters. The number of aldehydes is 2. The second-order valence-electron chi connectivity index (χ2n) is 2.30. The van der Waals surface area contributed by atoms with E-state index in [1.54, 1.807) is 6.92 Å². The summed E-state index contributed by atoms with van der Waals surface area (Å²) in [6.07, 6.45) is 1.59. The molecule has 11 heavy (non-hydrogen) atoms. The van der Waals surface area contributed by atoms with Crippen LogP contribution in [0.1, 0.15) is 30.5 Å². The van der Waals surface area contributed by atoms with E-state index >= 15 is 0 Å². The summed E-state index contributed by atoms with van der Waals surface area (Å²) in [4.78, 5) is 22.4. The smallest absolute Gasteiger partial charge is 0.160 e. The molecule has 0 amide bonds. The Morgan fingerprint density at radius 2 is 1.82 bits per heavy atom. The SMILES string of the molecule is Cc1sc(C=O)c(C)c1C=O. The monoisotopic (exact) mass is 168 g/mol. The van der Waals surface area contributed by atoms with Crippen LogP contribution in [0.3, 0.4) is 0 Å². The maximum atomic E-state index is 10.5. The Bertz CT molecular complexity index is 299. The fourth-order valence-electron chi connectivity index (χ4n) is 0.977. The minimum Gasteiger partial charge on any atom is -0.298 e. The number of rotatable bonds is 2. The van der Waals surface area contributed by atoms with Crippen LogP contribution in [0.4, 0.5) is 0 Å². The molecule has 1 aromatic rings. The van der Waals surface area contributed by atoms with Gasteiger partial charge in [-0.1, -0.05) is 0 Å². The van der Waals surface area contributed by atoms with Crippen molar-refractivity contribution in [3.05, 3.63) is 20.9 Å². The Hall–Kier alpha value is -0.960. The summed E-state index contributed by atoms with van der Waals surface area (Å²) in [6, 6.07) is 0. The predicted molar refractivity (Wildman–Crippen MR) is 44.6 cm³/mol. The molecule has 0 fully saturated rings. The number of hydrogen-bond donors (Lipinski definition) is 0. The van der Waals surface area contributed by atoms with E-state index in [1.807, 2.05) is 6.92 Å². The van der Waals surface area contributed by atoms with Gasteiger partial charge in [-0.3, -0.25) is 9.59 Å². The minimum atomic E-state index is 0.657. The molecule has 2 nitrogen and oxygen atoms in total. The van der Waals surface area contributed by atoms with Crippen molar-refractivity contribution < 1.29 is 9.59 Å². The summed E-state index contributed by atoms with van der Waals surface area (Å²) in [7, 11) is 0.